The Balaban J connectivity index is 2.30. The maximum atomic E-state index is 12.9. The standard InChI is InChI=1S/C21H26Br2N2O2/c1-14(15-7-5-9-17(22)11-15)25(20(26)27-21(2,3)4)13-19(24)16-8-6-10-18(23)12-16/h5-12,14,19H,13,24H2,1-4H3/t14-,19+/m0/s1. The van der Waals surface area contributed by atoms with Crippen molar-refractivity contribution in [3.63, 3.8) is 0 Å². The van der Waals surface area contributed by atoms with Gasteiger partial charge in [0.2, 0.25) is 0 Å². The van der Waals surface area contributed by atoms with Crippen LogP contribution in [0, 0.1) is 0 Å². The van der Waals surface area contributed by atoms with Crippen LogP contribution in [0.25, 0.3) is 0 Å². The Morgan fingerprint density at radius 3 is 2.11 bits per heavy atom. The zero-order valence-corrected chi connectivity index (χ0v) is 19.2. The summed E-state index contributed by atoms with van der Waals surface area (Å²) < 4.78 is 7.57. The largest absolute Gasteiger partial charge is 0.444 e. The van der Waals surface area contributed by atoms with Crippen molar-refractivity contribution in [3.05, 3.63) is 68.6 Å². The molecule has 0 aliphatic rings. The van der Waals surface area contributed by atoms with Gasteiger partial charge in [0.15, 0.2) is 0 Å². The predicted octanol–water partition coefficient (Wildman–Crippen LogP) is 6.21. The van der Waals surface area contributed by atoms with E-state index in [0.29, 0.717) is 6.54 Å². The molecule has 27 heavy (non-hydrogen) atoms. The summed E-state index contributed by atoms with van der Waals surface area (Å²) in [5, 5.41) is 0. The second-order valence-corrected chi connectivity index (χ2v) is 9.36. The van der Waals surface area contributed by atoms with Gasteiger partial charge >= 0.3 is 6.09 Å². The van der Waals surface area contributed by atoms with Gasteiger partial charge in [-0.25, -0.2) is 4.79 Å². The Kier molecular flexibility index (Phi) is 7.48. The lowest BCUT2D eigenvalue weighted by Crippen LogP contribution is -2.42. The van der Waals surface area contributed by atoms with Crippen LogP contribution in [0.1, 0.15) is 50.9 Å². The highest BCUT2D eigenvalue weighted by Crippen LogP contribution is 2.27. The first-order valence-electron chi connectivity index (χ1n) is 8.83. The molecule has 0 saturated carbocycles. The zero-order valence-electron chi connectivity index (χ0n) is 16.1. The number of rotatable bonds is 5. The highest BCUT2D eigenvalue weighted by atomic mass is 79.9. The van der Waals surface area contributed by atoms with Gasteiger partial charge in [-0.2, -0.15) is 0 Å². The molecule has 0 saturated heterocycles. The van der Waals surface area contributed by atoms with E-state index < -0.39 is 5.60 Å². The zero-order chi connectivity index (χ0) is 20.2. The molecule has 0 aliphatic carbocycles. The minimum absolute atomic E-state index is 0.185. The summed E-state index contributed by atoms with van der Waals surface area (Å²) in [5.41, 5.74) is 7.82. The molecule has 0 spiro atoms. The molecule has 2 atom stereocenters. The van der Waals surface area contributed by atoms with Crippen molar-refractivity contribution in [1.82, 2.24) is 4.90 Å². The Morgan fingerprint density at radius 2 is 1.59 bits per heavy atom. The van der Waals surface area contributed by atoms with Crippen LogP contribution in [0.2, 0.25) is 0 Å². The summed E-state index contributed by atoms with van der Waals surface area (Å²) in [6.07, 6.45) is -0.375. The first kappa shape index (κ1) is 21.9. The van der Waals surface area contributed by atoms with Gasteiger partial charge < -0.3 is 10.5 Å². The van der Waals surface area contributed by atoms with E-state index in [2.05, 4.69) is 31.9 Å². The molecule has 0 unspecified atom stereocenters. The van der Waals surface area contributed by atoms with E-state index in [1.807, 2.05) is 76.2 Å². The molecule has 2 N–H and O–H groups in total. The van der Waals surface area contributed by atoms with Gasteiger partial charge in [0.05, 0.1) is 6.04 Å². The molecule has 0 bridgehead atoms. The van der Waals surface area contributed by atoms with Gasteiger partial charge in [-0.05, 0) is 63.1 Å². The predicted molar refractivity (Wildman–Crippen MR) is 117 cm³/mol. The minimum Gasteiger partial charge on any atom is -0.444 e. The summed E-state index contributed by atoms with van der Waals surface area (Å²) in [5.74, 6) is 0. The fourth-order valence-corrected chi connectivity index (χ4v) is 3.55. The molecule has 0 fully saturated rings. The summed E-state index contributed by atoms with van der Waals surface area (Å²) >= 11 is 6.97. The summed E-state index contributed by atoms with van der Waals surface area (Å²) in [4.78, 5) is 14.6. The minimum atomic E-state index is -0.577. The highest BCUT2D eigenvalue weighted by Gasteiger charge is 2.28. The fraction of sp³-hybridized carbons (Fsp3) is 0.381. The average molecular weight is 498 g/mol. The summed E-state index contributed by atoms with van der Waals surface area (Å²) in [6, 6.07) is 15.2. The lowest BCUT2D eigenvalue weighted by Gasteiger charge is -2.34. The Bertz CT molecular complexity index is 790. The van der Waals surface area contributed by atoms with E-state index in [0.717, 1.165) is 20.1 Å². The molecule has 2 aromatic rings. The number of amides is 1. The van der Waals surface area contributed by atoms with E-state index in [4.69, 9.17) is 10.5 Å². The van der Waals surface area contributed by atoms with Crippen LogP contribution in [0.4, 0.5) is 4.79 Å². The average Bonchev–Trinajstić information content (AvgIpc) is 2.57. The monoisotopic (exact) mass is 496 g/mol. The smallest absolute Gasteiger partial charge is 0.410 e. The molecule has 4 nitrogen and oxygen atoms in total. The van der Waals surface area contributed by atoms with E-state index in [-0.39, 0.29) is 18.2 Å². The quantitative estimate of drug-likeness (QED) is 0.534. The van der Waals surface area contributed by atoms with Gasteiger partial charge in [0, 0.05) is 21.5 Å². The fourth-order valence-electron chi connectivity index (χ4n) is 2.71. The molecular weight excluding hydrogens is 472 g/mol. The number of carbonyl (C=O) groups is 1. The molecule has 146 valence electrons. The normalized spacial score (nSPS) is 13.7. The van der Waals surface area contributed by atoms with E-state index >= 15 is 0 Å². The molecule has 6 heteroatoms. The summed E-state index contributed by atoms with van der Waals surface area (Å²) in [7, 11) is 0. The third kappa shape index (κ3) is 6.63. The first-order valence-corrected chi connectivity index (χ1v) is 10.4. The van der Waals surface area contributed by atoms with E-state index in [9.17, 15) is 4.79 Å². The van der Waals surface area contributed by atoms with Gasteiger partial charge in [-0.15, -0.1) is 0 Å². The van der Waals surface area contributed by atoms with Crippen molar-refractivity contribution in [3.8, 4) is 0 Å². The van der Waals surface area contributed by atoms with Crippen LogP contribution >= 0.6 is 31.9 Å². The number of halogens is 2. The first-order chi connectivity index (χ1) is 12.6. The number of hydrogen-bond acceptors (Lipinski definition) is 3. The summed E-state index contributed by atoms with van der Waals surface area (Å²) in [6.45, 7) is 7.92. The van der Waals surface area contributed by atoms with Gasteiger partial charge in [-0.3, -0.25) is 4.90 Å². The van der Waals surface area contributed by atoms with Crippen LogP contribution < -0.4 is 5.73 Å². The number of ether oxygens (including phenoxy) is 1. The van der Waals surface area contributed by atoms with Crippen molar-refractivity contribution in [1.29, 1.82) is 0 Å². The van der Waals surface area contributed by atoms with E-state index in [1.165, 1.54) is 0 Å². The van der Waals surface area contributed by atoms with Gasteiger partial charge in [0.1, 0.15) is 5.60 Å². The van der Waals surface area contributed by atoms with Crippen molar-refractivity contribution in [2.24, 2.45) is 5.73 Å². The van der Waals surface area contributed by atoms with Crippen molar-refractivity contribution in [2.75, 3.05) is 6.54 Å². The molecule has 0 radical (unpaired) electrons. The van der Waals surface area contributed by atoms with Crippen LogP contribution in [-0.4, -0.2) is 23.1 Å². The molecule has 0 heterocycles. The van der Waals surface area contributed by atoms with Crippen molar-refractivity contribution < 1.29 is 9.53 Å². The topological polar surface area (TPSA) is 55.6 Å². The Hall–Kier alpha value is -1.37. The Morgan fingerprint density at radius 1 is 1.07 bits per heavy atom. The van der Waals surface area contributed by atoms with Crippen LogP contribution in [0.3, 0.4) is 0 Å². The second kappa shape index (κ2) is 9.22. The number of nitrogens with two attached hydrogens (primary N) is 1. The maximum absolute atomic E-state index is 12.9. The van der Waals surface area contributed by atoms with Crippen LogP contribution in [-0.2, 0) is 4.74 Å². The Labute approximate surface area is 178 Å². The number of carbonyl (C=O) groups excluding carboxylic acids is 1. The number of nitrogens with zero attached hydrogens (tertiary/aromatic N) is 1. The third-order valence-corrected chi connectivity index (χ3v) is 5.08. The van der Waals surface area contributed by atoms with Gasteiger partial charge in [-0.1, -0.05) is 56.1 Å². The van der Waals surface area contributed by atoms with E-state index in [1.54, 1.807) is 4.90 Å². The number of benzene rings is 2. The molecule has 1 amide bonds. The molecular formula is C21H26Br2N2O2. The number of hydrogen-bond donors (Lipinski definition) is 1. The SMILES string of the molecule is C[C@@H](c1cccc(Br)c1)N(C[C@@H](N)c1cccc(Br)c1)C(=O)OC(C)(C)C. The molecule has 2 rings (SSSR count). The van der Waals surface area contributed by atoms with Gasteiger partial charge in [0.25, 0.3) is 0 Å². The second-order valence-electron chi connectivity index (χ2n) is 7.53. The van der Waals surface area contributed by atoms with Crippen LogP contribution in [0.5, 0.6) is 0 Å². The van der Waals surface area contributed by atoms with Crippen molar-refractivity contribution >= 4 is 38.0 Å². The van der Waals surface area contributed by atoms with Crippen LogP contribution in [0.15, 0.2) is 57.5 Å². The molecule has 0 aromatic heterocycles. The molecule has 0 aliphatic heterocycles. The third-order valence-electron chi connectivity index (χ3n) is 4.10. The molecule has 2 aromatic carbocycles. The lowest BCUT2D eigenvalue weighted by molar-refractivity contribution is 0.0159. The van der Waals surface area contributed by atoms with Crippen molar-refractivity contribution in [2.45, 2.75) is 45.4 Å². The highest BCUT2D eigenvalue weighted by molar-refractivity contribution is 9.10. The lowest BCUT2D eigenvalue weighted by atomic mass is 10.0. The maximum Gasteiger partial charge on any atom is 0.410 e.